The molecule has 0 atom stereocenters. The van der Waals surface area contributed by atoms with Gasteiger partial charge in [0.2, 0.25) is 5.91 Å². The van der Waals surface area contributed by atoms with E-state index in [1.54, 1.807) is 34.7 Å². The van der Waals surface area contributed by atoms with Gasteiger partial charge in [-0.2, -0.15) is 0 Å². The summed E-state index contributed by atoms with van der Waals surface area (Å²) >= 11 is 0. The second kappa shape index (κ2) is 9.79. The van der Waals surface area contributed by atoms with Crippen LogP contribution in [0.25, 0.3) is 0 Å². The molecule has 128 valence electrons. The topological polar surface area (TPSA) is 92.3 Å². The summed E-state index contributed by atoms with van der Waals surface area (Å²) in [6, 6.07) is 0. The third kappa shape index (κ3) is 5.71. The lowest BCUT2D eigenvalue weighted by atomic mass is 10.2. The van der Waals surface area contributed by atoms with Gasteiger partial charge in [-0.3, -0.25) is 9.69 Å². The number of carbonyl (C=O) groups is 1. The molecule has 0 saturated heterocycles. The molecule has 0 fully saturated rings. The zero-order valence-corrected chi connectivity index (χ0v) is 15.6. The van der Waals surface area contributed by atoms with Gasteiger partial charge in [-0.25, -0.2) is 9.97 Å². The Bertz CT molecular complexity index is 579. The van der Waals surface area contributed by atoms with Crippen molar-refractivity contribution in [1.82, 2.24) is 9.97 Å². The second-order valence-corrected chi connectivity index (χ2v) is 7.44. The fraction of sp³-hybridized carbons (Fsp3) is 0.533. The molecule has 0 aliphatic heterocycles. The van der Waals surface area contributed by atoms with Crippen LogP contribution >= 0.6 is 21.6 Å². The van der Waals surface area contributed by atoms with Gasteiger partial charge in [0, 0.05) is 36.3 Å². The normalized spacial score (nSPS) is 12.0. The number of rotatable bonds is 8. The van der Waals surface area contributed by atoms with Crippen molar-refractivity contribution in [1.29, 1.82) is 0 Å². The van der Waals surface area contributed by atoms with Crippen molar-refractivity contribution in [2.45, 2.75) is 40.5 Å². The molecular formula is C15H24N4O2S2. The molecule has 3 N–H and O–H groups in total. The maximum atomic E-state index is 12.2. The number of nitrogens with zero attached hydrogens (tertiary/aromatic N) is 3. The number of aliphatic hydroxyl groups excluding tert-OH is 1. The van der Waals surface area contributed by atoms with Crippen molar-refractivity contribution in [2.75, 3.05) is 23.0 Å². The monoisotopic (exact) mass is 356 g/mol. The molecule has 0 aliphatic rings. The average molecular weight is 357 g/mol. The van der Waals surface area contributed by atoms with Crippen LogP contribution in [0.15, 0.2) is 16.8 Å². The molecule has 0 spiro atoms. The number of aliphatic hydroxyl groups is 1. The third-order valence-corrected chi connectivity index (χ3v) is 5.85. The van der Waals surface area contributed by atoms with Crippen LogP contribution in [0.2, 0.25) is 0 Å². The van der Waals surface area contributed by atoms with Crippen molar-refractivity contribution < 1.29 is 9.90 Å². The standard InChI is InChI=1S/C15H24N4O2S2/c1-5-8-22-23-14(6-7-20)10(2)19(12(4)21)13-9-17-11(3)18-15(13)16/h9,20H,5-8H2,1-4H3,(H2,16,17,18)/b14-10+. The van der Waals surface area contributed by atoms with Crippen LogP contribution in [-0.2, 0) is 4.79 Å². The van der Waals surface area contributed by atoms with Gasteiger partial charge in [-0.15, -0.1) is 0 Å². The third-order valence-electron chi connectivity index (χ3n) is 3.00. The second-order valence-electron chi connectivity index (χ2n) is 4.93. The highest BCUT2D eigenvalue weighted by Crippen LogP contribution is 2.37. The highest BCUT2D eigenvalue weighted by molar-refractivity contribution is 8.78. The zero-order valence-electron chi connectivity index (χ0n) is 14.0. The van der Waals surface area contributed by atoms with Gasteiger partial charge in [0.15, 0.2) is 5.82 Å². The molecule has 0 aliphatic carbocycles. The minimum Gasteiger partial charge on any atom is -0.396 e. The first-order valence-electron chi connectivity index (χ1n) is 7.42. The molecule has 6 nitrogen and oxygen atoms in total. The van der Waals surface area contributed by atoms with Gasteiger partial charge in [0.1, 0.15) is 11.5 Å². The fourth-order valence-electron chi connectivity index (χ4n) is 1.95. The molecule has 23 heavy (non-hydrogen) atoms. The van der Waals surface area contributed by atoms with Crippen molar-refractivity contribution in [3.8, 4) is 0 Å². The number of hydrogen-bond donors (Lipinski definition) is 2. The molecule has 1 heterocycles. The van der Waals surface area contributed by atoms with E-state index in [9.17, 15) is 9.90 Å². The number of nitrogen functional groups attached to an aromatic ring is 1. The van der Waals surface area contributed by atoms with Crippen molar-refractivity contribution in [2.24, 2.45) is 0 Å². The Morgan fingerprint density at radius 3 is 2.65 bits per heavy atom. The van der Waals surface area contributed by atoms with Gasteiger partial charge >= 0.3 is 0 Å². The molecule has 0 saturated carbocycles. The minimum absolute atomic E-state index is 0.0258. The molecule has 0 radical (unpaired) electrons. The molecule has 0 unspecified atom stereocenters. The van der Waals surface area contributed by atoms with E-state index in [0.717, 1.165) is 22.8 Å². The summed E-state index contributed by atoms with van der Waals surface area (Å²) in [5.74, 6) is 1.66. The summed E-state index contributed by atoms with van der Waals surface area (Å²) in [4.78, 5) is 22.9. The summed E-state index contributed by atoms with van der Waals surface area (Å²) in [7, 11) is 3.30. The van der Waals surface area contributed by atoms with E-state index < -0.39 is 0 Å². The highest BCUT2D eigenvalue weighted by Gasteiger charge is 2.21. The van der Waals surface area contributed by atoms with E-state index in [2.05, 4.69) is 16.9 Å². The first kappa shape index (κ1) is 19.8. The Morgan fingerprint density at radius 1 is 1.43 bits per heavy atom. The summed E-state index contributed by atoms with van der Waals surface area (Å²) in [6.45, 7) is 7.21. The van der Waals surface area contributed by atoms with Crippen LogP contribution < -0.4 is 10.6 Å². The van der Waals surface area contributed by atoms with Crippen LogP contribution in [-0.4, -0.2) is 33.3 Å². The Hall–Kier alpha value is -1.25. The van der Waals surface area contributed by atoms with Crippen molar-refractivity contribution >= 4 is 39.0 Å². The molecule has 1 rings (SSSR count). The SMILES string of the molecule is CCCSS/C(CCO)=C(\C)N(C(C)=O)c1cnc(C)nc1N. The molecule has 0 bridgehead atoms. The Morgan fingerprint density at radius 2 is 2.13 bits per heavy atom. The highest BCUT2D eigenvalue weighted by atomic mass is 33.1. The predicted octanol–water partition coefficient (Wildman–Crippen LogP) is 3.13. The molecule has 8 heteroatoms. The predicted molar refractivity (Wildman–Crippen MR) is 99.1 cm³/mol. The first-order chi connectivity index (χ1) is 10.9. The van der Waals surface area contributed by atoms with Gasteiger partial charge in [0.25, 0.3) is 0 Å². The van der Waals surface area contributed by atoms with Gasteiger partial charge < -0.3 is 10.8 Å². The lowest BCUT2D eigenvalue weighted by Gasteiger charge is -2.25. The lowest BCUT2D eigenvalue weighted by molar-refractivity contribution is -0.116. The van der Waals surface area contributed by atoms with Crippen LogP contribution in [0.3, 0.4) is 0 Å². The van der Waals surface area contributed by atoms with Gasteiger partial charge in [-0.1, -0.05) is 28.5 Å². The summed E-state index contributed by atoms with van der Waals surface area (Å²) < 4.78 is 0. The van der Waals surface area contributed by atoms with E-state index in [-0.39, 0.29) is 18.3 Å². The summed E-state index contributed by atoms with van der Waals surface area (Å²) in [6.07, 6.45) is 3.12. The maximum Gasteiger partial charge on any atom is 0.228 e. The number of hydrogen-bond acceptors (Lipinski definition) is 7. The van der Waals surface area contributed by atoms with Crippen LogP contribution in [0.5, 0.6) is 0 Å². The van der Waals surface area contributed by atoms with Crippen molar-refractivity contribution in [3.63, 3.8) is 0 Å². The molecule has 1 amide bonds. The first-order valence-corrected chi connectivity index (χ1v) is 9.74. The number of aryl methyl sites for hydroxylation is 1. The van der Waals surface area contributed by atoms with Gasteiger partial charge in [0.05, 0.1) is 6.20 Å². The minimum atomic E-state index is -0.168. The van der Waals surface area contributed by atoms with E-state index in [1.165, 1.54) is 11.8 Å². The largest absolute Gasteiger partial charge is 0.396 e. The molecule has 1 aromatic rings. The molecule has 1 aromatic heterocycles. The Balaban J connectivity index is 3.23. The average Bonchev–Trinajstić information content (AvgIpc) is 2.48. The summed E-state index contributed by atoms with van der Waals surface area (Å²) in [5, 5.41) is 9.31. The maximum absolute atomic E-state index is 12.2. The Kier molecular flexibility index (Phi) is 8.43. The van der Waals surface area contributed by atoms with Gasteiger partial charge in [-0.05, 0) is 20.3 Å². The molecular weight excluding hydrogens is 332 g/mol. The zero-order chi connectivity index (χ0) is 17.4. The van der Waals surface area contributed by atoms with E-state index in [1.807, 2.05) is 6.92 Å². The van der Waals surface area contributed by atoms with Crippen LogP contribution in [0.1, 0.15) is 39.4 Å². The fourth-order valence-corrected chi connectivity index (χ4v) is 4.51. The number of aromatic nitrogens is 2. The number of nitrogens with two attached hydrogens (primary N) is 1. The smallest absolute Gasteiger partial charge is 0.228 e. The lowest BCUT2D eigenvalue weighted by Crippen LogP contribution is -2.28. The number of anilines is 2. The van der Waals surface area contributed by atoms with Crippen LogP contribution in [0, 0.1) is 6.92 Å². The Labute approximate surface area is 145 Å². The number of carbonyl (C=O) groups excluding carboxylic acids is 1. The van der Waals surface area contributed by atoms with Crippen molar-refractivity contribution in [3.05, 3.63) is 22.6 Å². The number of allylic oxidation sites excluding steroid dienone is 1. The quantitative estimate of drug-likeness (QED) is 0.546. The number of amides is 1. The van der Waals surface area contributed by atoms with E-state index in [4.69, 9.17) is 5.73 Å². The van der Waals surface area contributed by atoms with Crippen LogP contribution in [0.4, 0.5) is 11.5 Å². The van der Waals surface area contributed by atoms with E-state index in [0.29, 0.717) is 17.9 Å². The molecule has 0 aromatic carbocycles. The van der Waals surface area contributed by atoms with E-state index >= 15 is 0 Å². The summed E-state index contributed by atoms with van der Waals surface area (Å²) in [5.41, 5.74) is 7.18.